The monoisotopic (exact) mass is 554 g/mol. The third kappa shape index (κ3) is 6.41. The van der Waals surface area contributed by atoms with Gasteiger partial charge in [-0.2, -0.15) is 0 Å². The summed E-state index contributed by atoms with van der Waals surface area (Å²) in [5, 5.41) is 3.34. The van der Waals surface area contributed by atoms with Crippen LogP contribution in [0.5, 0.6) is 11.5 Å². The minimum atomic E-state index is 0. The predicted octanol–water partition coefficient (Wildman–Crippen LogP) is 2.71. The van der Waals surface area contributed by atoms with E-state index in [9.17, 15) is 4.79 Å². The maximum atomic E-state index is 11.5. The first-order valence-corrected chi connectivity index (χ1v) is 9.48. The van der Waals surface area contributed by atoms with Crippen LogP contribution in [0.2, 0.25) is 0 Å². The third-order valence-electron chi connectivity index (χ3n) is 4.26. The lowest BCUT2D eigenvalue weighted by atomic mass is 10.2. The summed E-state index contributed by atoms with van der Waals surface area (Å²) in [6, 6.07) is 3.92. The van der Waals surface area contributed by atoms with Gasteiger partial charge in [0, 0.05) is 39.6 Å². The van der Waals surface area contributed by atoms with Gasteiger partial charge < -0.3 is 24.6 Å². The van der Waals surface area contributed by atoms with Gasteiger partial charge in [-0.1, -0.05) is 0 Å². The number of piperazine rings is 1. The largest absolute Gasteiger partial charge is 0.493 e. The van der Waals surface area contributed by atoms with Crippen molar-refractivity contribution in [3.63, 3.8) is 0 Å². The molecule has 0 bridgehead atoms. The number of benzene rings is 1. The lowest BCUT2D eigenvalue weighted by Crippen LogP contribution is -2.53. The van der Waals surface area contributed by atoms with Crippen molar-refractivity contribution >= 4 is 51.8 Å². The van der Waals surface area contributed by atoms with Gasteiger partial charge in [-0.3, -0.25) is 4.79 Å². The van der Waals surface area contributed by atoms with Gasteiger partial charge in [-0.15, -0.1) is 24.0 Å². The second-order valence-corrected chi connectivity index (χ2v) is 6.83. The van der Waals surface area contributed by atoms with Crippen LogP contribution < -0.4 is 14.8 Å². The molecule has 1 aliphatic heterocycles. The summed E-state index contributed by atoms with van der Waals surface area (Å²) < 4.78 is 11.6. The Kier molecular flexibility index (Phi) is 10.2. The highest BCUT2D eigenvalue weighted by molar-refractivity contribution is 14.0. The number of hydrogen-bond donors (Lipinski definition) is 1. The van der Waals surface area contributed by atoms with Crippen molar-refractivity contribution in [1.82, 2.24) is 15.1 Å². The Morgan fingerprint density at radius 1 is 1.19 bits per heavy atom. The molecule has 27 heavy (non-hydrogen) atoms. The van der Waals surface area contributed by atoms with E-state index >= 15 is 0 Å². The first kappa shape index (κ1) is 23.8. The van der Waals surface area contributed by atoms with Crippen LogP contribution in [-0.4, -0.2) is 68.6 Å². The number of nitrogens with one attached hydrogen (secondary N) is 1. The highest BCUT2D eigenvalue weighted by Crippen LogP contribution is 2.36. The number of nitrogens with zero attached hydrogens (tertiary/aromatic N) is 3. The number of halogens is 2. The molecule has 0 saturated carbocycles. The zero-order chi connectivity index (χ0) is 19.1. The molecular weight excluding hydrogens is 527 g/mol. The number of guanidine groups is 1. The topological polar surface area (TPSA) is 66.4 Å². The summed E-state index contributed by atoms with van der Waals surface area (Å²) in [7, 11) is 3.24. The zero-order valence-corrected chi connectivity index (χ0v) is 20.2. The Morgan fingerprint density at radius 3 is 2.33 bits per heavy atom. The Hall–Kier alpha value is -1.23. The normalized spacial score (nSPS) is 14.5. The van der Waals surface area contributed by atoms with Crippen LogP contribution in [0.3, 0.4) is 0 Å². The van der Waals surface area contributed by atoms with E-state index in [0.717, 1.165) is 48.7 Å². The Balaban J connectivity index is 0.00000364. The molecule has 1 heterocycles. The number of methoxy groups -OCH3 is 2. The Bertz CT molecular complexity index is 664. The van der Waals surface area contributed by atoms with E-state index in [-0.39, 0.29) is 29.9 Å². The van der Waals surface area contributed by atoms with E-state index in [1.165, 1.54) is 0 Å². The summed E-state index contributed by atoms with van der Waals surface area (Å²) in [5.74, 6) is 2.34. The molecule has 1 amide bonds. The summed E-state index contributed by atoms with van der Waals surface area (Å²) in [6.07, 6.45) is 0. The van der Waals surface area contributed by atoms with Gasteiger partial charge in [0.05, 0.1) is 25.2 Å². The predicted molar refractivity (Wildman–Crippen MR) is 121 cm³/mol. The van der Waals surface area contributed by atoms with Crippen molar-refractivity contribution in [2.24, 2.45) is 4.99 Å². The Morgan fingerprint density at radius 2 is 1.81 bits per heavy atom. The summed E-state index contributed by atoms with van der Waals surface area (Å²) >= 11 is 3.52. The van der Waals surface area contributed by atoms with Crippen LogP contribution >= 0.6 is 39.9 Å². The number of carbonyl (C=O) groups is 1. The number of ether oxygens (including phenoxy) is 2. The molecule has 0 unspecified atom stereocenters. The van der Waals surface area contributed by atoms with Crippen LogP contribution in [-0.2, 0) is 11.3 Å². The maximum absolute atomic E-state index is 11.5. The van der Waals surface area contributed by atoms with E-state index in [1.807, 2.05) is 24.0 Å². The maximum Gasteiger partial charge on any atom is 0.219 e. The highest BCUT2D eigenvalue weighted by Gasteiger charge is 2.21. The minimum absolute atomic E-state index is 0. The smallest absolute Gasteiger partial charge is 0.219 e. The minimum Gasteiger partial charge on any atom is -0.493 e. The zero-order valence-electron chi connectivity index (χ0n) is 16.2. The lowest BCUT2D eigenvalue weighted by Gasteiger charge is -2.36. The molecule has 152 valence electrons. The van der Waals surface area contributed by atoms with Crippen molar-refractivity contribution in [1.29, 1.82) is 0 Å². The average molecular weight is 555 g/mol. The number of hydrogen-bond acceptors (Lipinski definition) is 4. The van der Waals surface area contributed by atoms with Gasteiger partial charge in [-0.05, 0) is 40.5 Å². The molecule has 1 aromatic carbocycles. The van der Waals surface area contributed by atoms with E-state index < -0.39 is 0 Å². The van der Waals surface area contributed by atoms with Crippen LogP contribution in [0.1, 0.15) is 19.4 Å². The fourth-order valence-corrected chi connectivity index (χ4v) is 3.54. The molecule has 0 spiro atoms. The van der Waals surface area contributed by atoms with Crippen LogP contribution in [0.4, 0.5) is 0 Å². The van der Waals surface area contributed by atoms with Crippen LogP contribution in [0.15, 0.2) is 21.6 Å². The molecule has 2 rings (SSSR count). The van der Waals surface area contributed by atoms with Crippen molar-refractivity contribution < 1.29 is 14.3 Å². The number of carbonyl (C=O) groups excluding carboxylic acids is 1. The summed E-state index contributed by atoms with van der Waals surface area (Å²) in [4.78, 5) is 20.3. The first-order chi connectivity index (χ1) is 12.5. The summed E-state index contributed by atoms with van der Waals surface area (Å²) in [5.41, 5.74) is 1.02. The molecule has 0 atom stereocenters. The molecule has 7 nitrogen and oxygen atoms in total. The first-order valence-electron chi connectivity index (χ1n) is 8.69. The molecular formula is C18H28BrIN4O3. The molecule has 0 aliphatic carbocycles. The second kappa shape index (κ2) is 11.6. The fraction of sp³-hybridized carbons (Fsp3) is 0.556. The quantitative estimate of drug-likeness (QED) is 0.344. The average Bonchev–Trinajstić information content (AvgIpc) is 2.64. The highest BCUT2D eigenvalue weighted by atomic mass is 127. The molecule has 1 saturated heterocycles. The van der Waals surface area contributed by atoms with Crippen molar-refractivity contribution in [2.75, 3.05) is 46.9 Å². The van der Waals surface area contributed by atoms with Gasteiger partial charge in [0.25, 0.3) is 0 Å². The van der Waals surface area contributed by atoms with Crippen LogP contribution in [0, 0.1) is 0 Å². The van der Waals surface area contributed by atoms with Crippen molar-refractivity contribution in [3.05, 3.63) is 22.2 Å². The molecule has 1 N–H and O–H groups in total. The molecule has 0 radical (unpaired) electrons. The molecule has 1 aromatic rings. The number of rotatable bonds is 5. The van der Waals surface area contributed by atoms with Crippen molar-refractivity contribution in [3.8, 4) is 11.5 Å². The number of amides is 1. The van der Waals surface area contributed by atoms with Gasteiger partial charge in [0.2, 0.25) is 5.91 Å². The van der Waals surface area contributed by atoms with Crippen LogP contribution in [0.25, 0.3) is 0 Å². The van der Waals surface area contributed by atoms with E-state index in [1.54, 1.807) is 21.1 Å². The standard InChI is InChI=1S/C18H27BrN4O3.HI/c1-5-20-18(23-8-6-22(7-9-23)13(2)24)21-12-14-10-15(19)17(26-4)16(11-14)25-3;/h10-11H,5-9,12H2,1-4H3,(H,20,21);1H. The van der Waals surface area contributed by atoms with Gasteiger partial charge in [0.1, 0.15) is 0 Å². The number of aliphatic imine (C=N–C) groups is 1. The van der Waals surface area contributed by atoms with E-state index in [4.69, 9.17) is 14.5 Å². The Labute approximate surface area is 186 Å². The molecule has 1 fully saturated rings. The van der Waals surface area contributed by atoms with Crippen molar-refractivity contribution in [2.45, 2.75) is 20.4 Å². The van der Waals surface area contributed by atoms with Gasteiger partial charge in [-0.25, -0.2) is 4.99 Å². The molecule has 9 heteroatoms. The van der Waals surface area contributed by atoms with Gasteiger partial charge in [0.15, 0.2) is 17.5 Å². The molecule has 1 aliphatic rings. The fourth-order valence-electron chi connectivity index (χ4n) is 2.89. The summed E-state index contributed by atoms with van der Waals surface area (Å²) in [6.45, 7) is 7.99. The van der Waals surface area contributed by atoms with E-state index in [0.29, 0.717) is 18.0 Å². The third-order valence-corrected chi connectivity index (χ3v) is 4.85. The second-order valence-electron chi connectivity index (χ2n) is 5.98. The SMILES string of the molecule is CCNC(=NCc1cc(Br)c(OC)c(OC)c1)N1CCN(C(C)=O)CC1.I. The van der Waals surface area contributed by atoms with Gasteiger partial charge >= 0.3 is 0 Å². The lowest BCUT2D eigenvalue weighted by molar-refractivity contribution is -0.130. The molecule has 0 aromatic heterocycles. The van der Waals surface area contributed by atoms with E-state index in [2.05, 4.69) is 26.1 Å².